The number of benzene rings is 3. The van der Waals surface area contributed by atoms with Gasteiger partial charge >= 0.3 is 0 Å². The summed E-state index contributed by atoms with van der Waals surface area (Å²) in [7, 11) is 0. The highest BCUT2D eigenvalue weighted by Crippen LogP contribution is 2.32. The molecule has 0 radical (unpaired) electrons. The highest BCUT2D eigenvalue weighted by Gasteiger charge is 2.20. The maximum absolute atomic E-state index is 6.11. The van der Waals surface area contributed by atoms with Gasteiger partial charge in [-0.1, -0.05) is 118 Å². The van der Waals surface area contributed by atoms with Crippen molar-refractivity contribution in [2.24, 2.45) is 11.8 Å². The molecule has 0 N–H and O–H groups in total. The van der Waals surface area contributed by atoms with Gasteiger partial charge in [0.25, 0.3) is 0 Å². The Bertz CT molecular complexity index is 993. The molecule has 0 spiro atoms. The Kier molecular flexibility index (Phi) is 9.02. The second kappa shape index (κ2) is 12.6. The van der Waals surface area contributed by atoms with Crippen LogP contribution in [0.3, 0.4) is 0 Å². The van der Waals surface area contributed by atoms with E-state index >= 15 is 0 Å². The summed E-state index contributed by atoms with van der Waals surface area (Å²) < 4.78 is 6.11. The summed E-state index contributed by atoms with van der Waals surface area (Å²) in [6.07, 6.45) is 13.6. The van der Waals surface area contributed by atoms with Crippen molar-refractivity contribution in [1.29, 1.82) is 0 Å². The number of ether oxygens (including phenoxy) is 1. The van der Waals surface area contributed by atoms with E-state index in [1.165, 1.54) is 60.8 Å². The van der Waals surface area contributed by atoms with E-state index in [1.807, 2.05) is 0 Å². The van der Waals surface area contributed by atoms with E-state index in [0.717, 1.165) is 30.6 Å². The van der Waals surface area contributed by atoms with Gasteiger partial charge in [0.2, 0.25) is 0 Å². The van der Waals surface area contributed by atoms with Gasteiger partial charge in [0, 0.05) is 0 Å². The van der Waals surface area contributed by atoms with Crippen LogP contribution in [0.5, 0.6) is 5.75 Å². The molecule has 1 aliphatic rings. The van der Waals surface area contributed by atoms with E-state index in [9.17, 15) is 0 Å². The van der Waals surface area contributed by atoms with Gasteiger partial charge in [-0.25, -0.2) is 0 Å². The van der Waals surface area contributed by atoms with Crippen molar-refractivity contribution in [3.05, 3.63) is 101 Å². The first-order valence-corrected chi connectivity index (χ1v) is 13.2. The van der Waals surface area contributed by atoms with E-state index in [-0.39, 0.29) is 0 Å². The summed E-state index contributed by atoms with van der Waals surface area (Å²) in [5.74, 6) is 3.21. The van der Waals surface area contributed by atoms with Gasteiger partial charge in [-0.3, -0.25) is 0 Å². The first-order chi connectivity index (χ1) is 16.7. The lowest BCUT2D eigenvalue weighted by molar-refractivity contribution is 0.178. The van der Waals surface area contributed by atoms with Crippen LogP contribution in [0.4, 0.5) is 0 Å². The molecule has 3 aromatic rings. The molecule has 1 fully saturated rings. The van der Waals surface area contributed by atoms with Gasteiger partial charge < -0.3 is 4.74 Å². The third-order valence-electron chi connectivity index (χ3n) is 7.39. The third-order valence-corrected chi connectivity index (χ3v) is 7.39. The molecule has 0 aromatic heterocycles. The Hall–Kier alpha value is -2.80. The van der Waals surface area contributed by atoms with Crippen molar-refractivity contribution in [2.75, 3.05) is 6.61 Å². The molecule has 0 amide bonds. The molecule has 4 rings (SSSR count). The second-order valence-electron chi connectivity index (χ2n) is 10.1. The molecular formula is C33H40O. The molecule has 1 heteroatoms. The van der Waals surface area contributed by atoms with Crippen molar-refractivity contribution in [3.63, 3.8) is 0 Å². The zero-order valence-electron chi connectivity index (χ0n) is 21.0. The molecule has 1 saturated carbocycles. The van der Waals surface area contributed by atoms with Crippen LogP contribution in [-0.4, -0.2) is 6.61 Å². The average molecular weight is 453 g/mol. The van der Waals surface area contributed by atoms with Crippen molar-refractivity contribution in [1.82, 2.24) is 0 Å². The van der Waals surface area contributed by atoms with Crippen LogP contribution in [0.25, 0.3) is 12.2 Å². The van der Waals surface area contributed by atoms with Crippen molar-refractivity contribution < 1.29 is 4.74 Å². The molecule has 1 aliphatic carbocycles. The van der Waals surface area contributed by atoms with E-state index in [0.29, 0.717) is 5.92 Å². The van der Waals surface area contributed by atoms with Crippen molar-refractivity contribution in [3.8, 4) is 5.75 Å². The maximum Gasteiger partial charge on any atom is 0.119 e. The molecule has 0 saturated heterocycles. The van der Waals surface area contributed by atoms with Crippen LogP contribution in [0.1, 0.15) is 80.5 Å². The molecule has 0 aliphatic heterocycles. The number of hydrogen-bond donors (Lipinski definition) is 0. The molecule has 3 aromatic carbocycles. The topological polar surface area (TPSA) is 9.23 Å². The molecule has 1 atom stereocenters. The van der Waals surface area contributed by atoms with E-state index in [4.69, 9.17) is 4.74 Å². The Morgan fingerprint density at radius 1 is 0.765 bits per heavy atom. The lowest BCUT2D eigenvalue weighted by Gasteiger charge is -2.28. The number of hydrogen-bond acceptors (Lipinski definition) is 1. The fourth-order valence-corrected chi connectivity index (χ4v) is 5.19. The Labute approximate surface area is 206 Å². The lowest BCUT2D eigenvalue weighted by Crippen LogP contribution is -2.20. The van der Waals surface area contributed by atoms with Crippen LogP contribution in [-0.2, 0) is 6.42 Å². The minimum atomic E-state index is 0.527. The van der Waals surface area contributed by atoms with Crippen LogP contribution in [0.2, 0.25) is 0 Å². The minimum absolute atomic E-state index is 0.527. The molecule has 178 valence electrons. The average Bonchev–Trinajstić information content (AvgIpc) is 2.89. The summed E-state index contributed by atoms with van der Waals surface area (Å²) in [5, 5.41) is 0. The summed E-state index contributed by atoms with van der Waals surface area (Å²) in [6.45, 7) is 5.47. The van der Waals surface area contributed by atoms with Gasteiger partial charge in [0.1, 0.15) is 5.75 Å². The standard InChI is InChI=1S/C33H40O/c1-3-7-27-14-18-31(19-15-27)25-34-33-22-20-29(21-23-33)11-10-28-12-16-30(17-13-28)24-26(2)32-8-5-4-6-9-32/h4-6,8-13,16-17,20-23,26-27,31H,3,7,14-15,18-19,24-25H2,1-2H3/t26-,27?,31?/m1/s1. The SMILES string of the molecule is CCCC1CCC(COc2ccc(C=Cc3ccc(C[C@@H](C)c4ccccc4)cc3)cc2)CC1. The van der Waals surface area contributed by atoms with Crippen LogP contribution >= 0.6 is 0 Å². The maximum atomic E-state index is 6.11. The fraction of sp³-hybridized carbons (Fsp3) is 0.394. The van der Waals surface area contributed by atoms with Crippen molar-refractivity contribution in [2.45, 2.75) is 64.7 Å². The first-order valence-electron chi connectivity index (χ1n) is 13.2. The normalized spacial score (nSPS) is 19.2. The van der Waals surface area contributed by atoms with Crippen LogP contribution < -0.4 is 4.74 Å². The zero-order chi connectivity index (χ0) is 23.6. The highest BCUT2D eigenvalue weighted by atomic mass is 16.5. The first kappa shape index (κ1) is 24.3. The molecule has 34 heavy (non-hydrogen) atoms. The largest absolute Gasteiger partial charge is 0.493 e. The molecule has 1 nitrogen and oxygen atoms in total. The van der Waals surface area contributed by atoms with E-state index in [2.05, 4.69) is 105 Å². The molecule has 0 bridgehead atoms. The summed E-state index contributed by atoms with van der Waals surface area (Å²) >= 11 is 0. The summed E-state index contributed by atoms with van der Waals surface area (Å²) in [5.41, 5.74) is 5.22. The molecule has 0 heterocycles. The Morgan fingerprint density at radius 2 is 1.35 bits per heavy atom. The van der Waals surface area contributed by atoms with Gasteiger partial charge in [-0.2, -0.15) is 0 Å². The van der Waals surface area contributed by atoms with Crippen molar-refractivity contribution >= 4 is 12.2 Å². The Balaban J connectivity index is 1.23. The Morgan fingerprint density at radius 3 is 1.97 bits per heavy atom. The monoisotopic (exact) mass is 452 g/mol. The predicted molar refractivity (Wildman–Crippen MR) is 146 cm³/mol. The summed E-state index contributed by atoms with van der Waals surface area (Å²) in [6, 6.07) is 28.2. The van der Waals surface area contributed by atoms with Gasteiger partial charge in [-0.15, -0.1) is 0 Å². The smallest absolute Gasteiger partial charge is 0.119 e. The zero-order valence-corrected chi connectivity index (χ0v) is 21.0. The van der Waals surface area contributed by atoms with Crippen LogP contribution in [0, 0.1) is 11.8 Å². The highest BCUT2D eigenvalue weighted by molar-refractivity contribution is 5.69. The summed E-state index contributed by atoms with van der Waals surface area (Å²) in [4.78, 5) is 0. The van der Waals surface area contributed by atoms with Gasteiger partial charge in [0.05, 0.1) is 6.61 Å². The van der Waals surface area contributed by atoms with Crippen LogP contribution in [0.15, 0.2) is 78.9 Å². The van der Waals surface area contributed by atoms with Gasteiger partial charge in [0.15, 0.2) is 0 Å². The predicted octanol–water partition coefficient (Wildman–Crippen LogP) is 9.19. The van der Waals surface area contributed by atoms with E-state index in [1.54, 1.807) is 0 Å². The van der Waals surface area contributed by atoms with E-state index < -0.39 is 0 Å². The lowest BCUT2D eigenvalue weighted by atomic mass is 9.80. The number of rotatable bonds is 10. The molecular weight excluding hydrogens is 412 g/mol. The second-order valence-corrected chi connectivity index (χ2v) is 10.1. The third kappa shape index (κ3) is 7.35. The fourth-order valence-electron chi connectivity index (χ4n) is 5.19. The quantitative estimate of drug-likeness (QED) is 0.279. The minimum Gasteiger partial charge on any atom is -0.493 e. The molecule has 0 unspecified atom stereocenters. The van der Waals surface area contributed by atoms with Gasteiger partial charge in [-0.05, 0) is 71.4 Å².